The topological polar surface area (TPSA) is 43.6 Å². The highest BCUT2D eigenvalue weighted by molar-refractivity contribution is 9.10. The van der Waals surface area contributed by atoms with Gasteiger partial charge in [0, 0.05) is 12.8 Å². The fourth-order valence-corrected chi connectivity index (χ4v) is 4.89. The largest absolute Gasteiger partial charge is 0.270 e. The van der Waals surface area contributed by atoms with Crippen molar-refractivity contribution in [1.29, 1.82) is 0 Å². The van der Waals surface area contributed by atoms with Crippen LogP contribution in [0.5, 0.6) is 0 Å². The molecule has 0 aliphatic heterocycles. The van der Waals surface area contributed by atoms with Gasteiger partial charge in [0.15, 0.2) is 8.68 Å². The summed E-state index contributed by atoms with van der Waals surface area (Å²) in [5.74, 6) is 0.854. The lowest BCUT2D eigenvalue weighted by molar-refractivity contribution is 0.719. The number of aryl methyl sites for hydroxylation is 2. The molecular formula is C10H13BrN4S3. The molecule has 0 radical (unpaired) electrons. The molecule has 4 nitrogen and oxygen atoms in total. The Labute approximate surface area is 127 Å². The van der Waals surface area contributed by atoms with Crippen molar-refractivity contribution in [2.75, 3.05) is 6.26 Å². The summed E-state index contributed by atoms with van der Waals surface area (Å²) in [5, 5.41) is 12.7. The first-order chi connectivity index (χ1) is 8.65. The molecule has 0 aromatic carbocycles. The van der Waals surface area contributed by atoms with Gasteiger partial charge in [0.05, 0.1) is 15.9 Å². The molecular weight excluding hydrogens is 352 g/mol. The van der Waals surface area contributed by atoms with Gasteiger partial charge in [0.25, 0.3) is 0 Å². The normalized spacial score (nSPS) is 11.1. The molecule has 0 aliphatic carbocycles. The number of rotatable bonds is 5. The highest BCUT2D eigenvalue weighted by atomic mass is 79.9. The zero-order chi connectivity index (χ0) is 13.1. The molecule has 0 fully saturated rings. The van der Waals surface area contributed by atoms with Crippen molar-refractivity contribution in [2.45, 2.75) is 27.8 Å². The van der Waals surface area contributed by atoms with Crippen LogP contribution in [-0.2, 0) is 19.2 Å². The Balaban J connectivity index is 2.08. The van der Waals surface area contributed by atoms with E-state index in [-0.39, 0.29) is 0 Å². The van der Waals surface area contributed by atoms with Crippen molar-refractivity contribution in [2.24, 2.45) is 7.05 Å². The van der Waals surface area contributed by atoms with Gasteiger partial charge in [-0.1, -0.05) is 41.8 Å². The Kier molecular flexibility index (Phi) is 5.11. The predicted molar refractivity (Wildman–Crippen MR) is 81.5 cm³/mol. The van der Waals surface area contributed by atoms with Crippen LogP contribution in [0.4, 0.5) is 0 Å². The van der Waals surface area contributed by atoms with Crippen molar-refractivity contribution < 1.29 is 0 Å². The van der Waals surface area contributed by atoms with E-state index in [0.29, 0.717) is 0 Å². The minimum atomic E-state index is 0.854. The molecule has 0 unspecified atom stereocenters. The highest BCUT2D eigenvalue weighted by Gasteiger charge is 2.13. The summed E-state index contributed by atoms with van der Waals surface area (Å²) in [5.41, 5.74) is 2.30. The lowest BCUT2D eigenvalue weighted by atomic mass is 10.3. The number of nitrogens with zero attached hydrogens (tertiary/aromatic N) is 4. The monoisotopic (exact) mass is 364 g/mol. The van der Waals surface area contributed by atoms with E-state index in [2.05, 4.69) is 38.1 Å². The third-order valence-electron chi connectivity index (χ3n) is 2.40. The highest BCUT2D eigenvalue weighted by Crippen LogP contribution is 2.32. The molecule has 2 rings (SSSR count). The Hall–Kier alpha value is -0.0500. The first-order valence-corrected chi connectivity index (χ1v) is 9.18. The van der Waals surface area contributed by atoms with Crippen LogP contribution < -0.4 is 0 Å². The Bertz CT molecular complexity index is 537. The maximum Gasteiger partial charge on any atom is 0.175 e. The molecule has 0 N–H and O–H groups in total. The molecule has 98 valence electrons. The summed E-state index contributed by atoms with van der Waals surface area (Å²) in [6.45, 7) is 2.11. The van der Waals surface area contributed by atoms with Gasteiger partial charge in [0.1, 0.15) is 0 Å². The van der Waals surface area contributed by atoms with E-state index < -0.39 is 0 Å². The Morgan fingerprint density at radius 2 is 2.06 bits per heavy atom. The van der Waals surface area contributed by atoms with Crippen LogP contribution in [0, 0.1) is 0 Å². The fourth-order valence-electron chi connectivity index (χ4n) is 1.44. The van der Waals surface area contributed by atoms with Crippen LogP contribution >= 0.6 is 50.8 Å². The van der Waals surface area contributed by atoms with E-state index in [1.807, 2.05) is 18.0 Å². The molecule has 18 heavy (non-hydrogen) atoms. The minimum Gasteiger partial charge on any atom is -0.270 e. The lowest BCUT2D eigenvalue weighted by Gasteiger charge is -2.00. The zero-order valence-electron chi connectivity index (χ0n) is 10.3. The fraction of sp³-hybridized carbons (Fsp3) is 0.500. The second-order valence-corrected chi connectivity index (χ2v) is 7.56. The summed E-state index contributed by atoms with van der Waals surface area (Å²) < 4.78 is 5.07. The second-order valence-electron chi connectivity index (χ2n) is 3.51. The predicted octanol–water partition coefficient (Wildman–Crippen LogP) is 3.61. The molecule has 2 aromatic rings. The third-order valence-corrected chi connectivity index (χ3v) is 6.36. The molecule has 0 saturated carbocycles. The molecule has 0 spiro atoms. The van der Waals surface area contributed by atoms with Crippen LogP contribution in [-0.4, -0.2) is 26.2 Å². The van der Waals surface area contributed by atoms with E-state index in [0.717, 1.165) is 31.0 Å². The molecule has 2 aromatic heterocycles. The summed E-state index contributed by atoms with van der Waals surface area (Å²) >= 11 is 8.59. The van der Waals surface area contributed by atoms with Gasteiger partial charge in [-0.05, 0) is 28.6 Å². The number of hydrogen-bond donors (Lipinski definition) is 0. The summed E-state index contributed by atoms with van der Waals surface area (Å²) in [4.78, 5) is 0. The second kappa shape index (κ2) is 6.40. The standard InChI is InChI=1S/C10H13BrN4S3/c1-4-6-8(11)7(15(2)14-6)5-17-10-13-12-9(16-3)18-10/h4-5H2,1-3H3. The van der Waals surface area contributed by atoms with Crippen molar-refractivity contribution >= 4 is 50.8 Å². The van der Waals surface area contributed by atoms with Crippen molar-refractivity contribution in [3.63, 3.8) is 0 Å². The van der Waals surface area contributed by atoms with Crippen LogP contribution in [0.15, 0.2) is 13.2 Å². The van der Waals surface area contributed by atoms with E-state index in [9.17, 15) is 0 Å². The van der Waals surface area contributed by atoms with E-state index in [1.54, 1.807) is 34.9 Å². The molecule has 0 aliphatic rings. The molecule has 2 heterocycles. The molecule has 0 atom stereocenters. The summed E-state index contributed by atoms with van der Waals surface area (Å²) in [6.07, 6.45) is 2.95. The first-order valence-electron chi connectivity index (χ1n) is 5.36. The number of thioether (sulfide) groups is 2. The number of hydrogen-bond acceptors (Lipinski definition) is 6. The van der Waals surface area contributed by atoms with Crippen LogP contribution in [0.3, 0.4) is 0 Å². The number of aromatic nitrogens is 4. The van der Waals surface area contributed by atoms with Gasteiger partial charge >= 0.3 is 0 Å². The minimum absolute atomic E-state index is 0.854. The summed E-state index contributed by atoms with van der Waals surface area (Å²) in [6, 6.07) is 0. The van der Waals surface area contributed by atoms with Crippen molar-refractivity contribution in [1.82, 2.24) is 20.0 Å². The van der Waals surface area contributed by atoms with E-state index >= 15 is 0 Å². The smallest absolute Gasteiger partial charge is 0.175 e. The van der Waals surface area contributed by atoms with Gasteiger partial charge in [-0.2, -0.15) is 5.10 Å². The van der Waals surface area contributed by atoms with Crippen molar-refractivity contribution in [3.05, 3.63) is 15.9 Å². The quantitative estimate of drug-likeness (QED) is 0.758. The van der Waals surface area contributed by atoms with E-state index in [1.165, 1.54) is 5.69 Å². The van der Waals surface area contributed by atoms with Crippen molar-refractivity contribution in [3.8, 4) is 0 Å². The molecule has 0 amide bonds. The Morgan fingerprint density at radius 1 is 1.33 bits per heavy atom. The van der Waals surface area contributed by atoms with Gasteiger partial charge < -0.3 is 0 Å². The van der Waals surface area contributed by atoms with Crippen LogP contribution in [0.2, 0.25) is 0 Å². The maximum atomic E-state index is 4.48. The van der Waals surface area contributed by atoms with Crippen LogP contribution in [0.25, 0.3) is 0 Å². The third kappa shape index (κ3) is 3.09. The molecule has 0 saturated heterocycles. The summed E-state index contributed by atoms with van der Waals surface area (Å²) in [7, 11) is 1.98. The molecule has 0 bridgehead atoms. The van der Waals surface area contributed by atoms with Gasteiger partial charge in [-0.25, -0.2) is 0 Å². The molecule has 8 heteroatoms. The van der Waals surface area contributed by atoms with Gasteiger partial charge in [-0.15, -0.1) is 10.2 Å². The van der Waals surface area contributed by atoms with E-state index in [4.69, 9.17) is 0 Å². The average Bonchev–Trinajstić information content (AvgIpc) is 2.93. The average molecular weight is 365 g/mol. The number of halogens is 1. The first kappa shape index (κ1) is 14.4. The zero-order valence-corrected chi connectivity index (χ0v) is 14.3. The van der Waals surface area contributed by atoms with Gasteiger partial charge in [0.2, 0.25) is 0 Å². The maximum absolute atomic E-state index is 4.48. The lowest BCUT2D eigenvalue weighted by Crippen LogP contribution is -1.96. The van der Waals surface area contributed by atoms with Crippen LogP contribution in [0.1, 0.15) is 18.3 Å². The van der Waals surface area contributed by atoms with Gasteiger partial charge in [-0.3, -0.25) is 4.68 Å². The SMILES string of the molecule is CCc1nn(C)c(CSc2nnc(SC)s2)c1Br. The Morgan fingerprint density at radius 3 is 2.61 bits per heavy atom.